The molecule has 0 aliphatic rings. The lowest BCUT2D eigenvalue weighted by Crippen LogP contribution is -2.27. The van der Waals surface area contributed by atoms with Crippen molar-refractivity contribution < 1.29 is 0 Å². The van der Waals surface area contributed by atoms with Crippen molar-refractivity contribution in [2.75, 3.05) is 39.8 Å². The van der Waals surface area contributed by atoms with Gasteiger partial charge in [0.05, 0.1) is 0 Å². The van der Waals surface area contributed by atoms with Crippen LogP contribution in [-0.4, -0.2) is 49.6 Å². The number of nitrogens with zero attached hydrogens (tertiary/aromatic N) is 2. The Balaban J connectivity index is 3.63. The number of rotatable bonds is 12. The Kier molecular flexibility index (Phi) is 11.7. The molecule has 0 radical (unpaired) electrons. The van der Waals surface area contributed by atoms with E-state index in [1.807, 2.05) is 0 Å². The van der Waals surface area contributed by atoms with Gasteiger partial charge in [0.15, 0.2) is 0 Å². The Hall–Kier alpha value is -0.0800. The molecule has 2 nitrogen and oxygen atoms in total. The molecule has 116 valence electrons. The molecule has 0 saturated heterocycles. The van der Waals surface area contributed by atoms with Crippen molar-refractivity contribution in [3.63, 3.8) is 0 Å². The summed E-state index contributed by atoms with van der Waals surface area (Å²) in [6.45, 7) is 17.8. The minimum Gasteiger partial charge on any atom is -0.307 e. The van der Waals surface area contributed by atoms with Gasteiger partial charge in [0.1, 0.15) is 0 Å². The van der Waals surface area contributed by atoms with Crippen LogP contribution in [0.1, 0.15) is 60.3 Å². The quantitative estimate of drug-likeness (QED) is 0.526. The van der Waals surface area contributed by atoms with E-state index in [-0.39, 0.29) is 0 Å². The van der Waals surface area contributed by atoms with Crippen molar-refractivity contribution in [2.24, 2.45) is 11.8 Å². The molecule has 2 heteroatoms. The summed E-state index contributed by atoms with van der Waals surface area (Å²) in [7, 11) is 2.22. The molecule has 0 spiro atoms. The number of hydrogen-bond acceptors (Lipinski definition) is 2. The molecule has 0 fully saturated rings. The van der Waals surface area contributed by atoms with E-state index in [9.17, 15) is 0 Å². The Morgan fingerprint density at radius 1 is 0.789 bits per heavy atom. The van der Waals surface area contributed by atoms with Crippen LogP contribution in [0.15, 0.2) is 0 Å². The van der Waals surface area contributed by atoms with Crippen molar-refractivity contribution in [2.45, 2.75) is 60.3 Å². The maximum absolute atomic E-state index is 2.62. The van der Waals surface area contributed by atoms with Crippen molar-refractivity contribution in [1.29, 1.82) is 0 Å². The van der Waals surface area contributed by atoms with E-state index < -0.39 is 0 Å². The average Bonchev–Trinajstić information content (AvgIpc) is 2.39. The fourth-order valence-electron chi connectivity index (χ4n) is 2.28. The molecule has 0 aliphatic heterocycles. The van der Waals surface area contributed by atoms with Gasteiger partial charge >= 0.3 is 0 Å². The number of hydrogen-bond donors (Lipinski definition) is 0. The van der Waals surface area contributed by atoms with Crippen molar-refractivity contribution in [3.05, 3.63) is 0 Å². The van der Waals surface area contributed by atoms with Gasteiger partial charge in [-0.2, -0.15) is 0 Å². The van der Waals surface area contributed by atoms with Crippen LogP contribution in [0.3, 0.4) is 0 Å². The molecule has 0 bridgehead atoms. The Morgan fingerprint density at radius 2 is 1.47 bits per heavy atom. The molecule has 0 N–H and O–H groups in total. The third-order valence-corrected chi connectivity index (χ3v) is 4.18. The highest BCUT2D eigenvalue weighted by Gasteiger charge is 2.07. The first-order valence-electron chi connectivity index (χ1n) is 8.40. The molecule has 0 aromatic carbocycles. The molecule has 0 heterocycles. The highest BCUT2D eigenvalue weighted by Crippen LogP contribution is 2.12. The van der Waals surface area contributed by atoms with Gasteiger partial charge < -0.3 is 9.80 Å². The second-order valence-corrected chi connectivity index (χ2v) is 6.55. The lowest BCUT2D eigenvalue weighted by molar-refractivity contribution is 0.253. The second-order valence-electron chi connectivity index (χ2n) is 6.55. The highest BCUT2D eigenvalue weighted by molar-refractivity contribution is 4.61. The summed E-state index contributed by atoms with van der Waals surface area (Å²) in [4.78, 5) is 5.03. The van der Waals surface area contributed by atoms with E-state index in [4.69, 9.17) is 0 Å². The predicted molar refractivity (Wildman–Crippen MR) is 87.8 cm³/mol. The zero-order chi connectivity index (χ0) is 14.7. The SMILES string of the molecule is CCN(C)CCC(C)CCCN(CC)CCC(C)C. The standard InChI is InChI=1S/C17H38N2/c1-7-18(6)14-12-17(5)10-9-13-19(8-2)15-11-16(3)4/h16-17H,7-15H2,1-6H3. The van der Waals surface area contributed by atoms with Crippen LogP contribution in [0.2, 0.25) is 0 Å². The third-order valence-electron chi connectivity index (χ3n) is 4.18. The summed E-state index contributed by atoms with van der Waals surface area (Å²) >= 11 is 0. The maximum Gasteiger partial charge on any atom is -0.00164 e. The van der Waals surface area contributed by atoms with Gasteiger partial charge in [-0.15, -0.1) is 0 Å². The molecular weight excluding hydrogens is 232 g/mol. The van der Waals surface area contributed by atoms with Crippen molar-refractivity contribution in [1.82, 2.24) is 9.80 Å². The highest BCUT2D eigenvalue weighted by atomic mass is 15.1. The fourth-order valence-corrected chi connectivity index (χ4v) is 2.28. The molecule has 0 saturated carbocycles. The fraction of sp³-hybridized carbons (Fsp3) is 1.00. The molecule has 0 aromatic heterocycles. The Bertz CT molecular complexity index is 192. The van der Waals surface area contributed by atoms with Crippen LogP contribution in [0, 0.1) is 11.8 Å². The zero-order valence-corrected chi connectivity index (χ0v) is 14.4. The molecule has 0 rings (SSSR count). The first kappa shape index (κ1) is 18.9. The second kappa shape index (κ2) is 11.7. The van der Waals surface area contributed by atoms with E-state index >= 15 is 0 Å². The first-order chi connectivity index (χ1) is 8.99. The maximum atomic E-state index is 2.62. The molecule has 0 aliphatic carbocycles. The van der Waals surface area contributed by atoms with E-state index in [1.165, 1.54) is 58.4 Å². The average molecular weight is 271 g/mol. The lowest BCUT2D eigenvalue weighted by Gasteiger charge is -2.22. The van der Waals surface area contributed by atoms with Gasteiger partial charge in [-0.1, -0.05) is 34.6 Å². The molecule has 1 unspecified atom stereocenters. The van der Waals surface area contributed by atoms with E-state index in [2.05, 4.69) is 51.5 Å². The van der Waals surface area contributed by atoms with Gasteiger partial charge in [-0.05, 0) is 77.3 Å². The van der Waals surface area contributed by atoms with Crippen LogP contribution in [0.25, 0.3) is 0 Å². The van der Waals surface area contributed by atoms with Crippen LogP contribution >= 0.6 is 0 Å². The normalized spacial score (nSPS) is 13.7. The predicted octanol–water partition coefficient (Wildman–Crippen LogP) is 4.11. The summed E-state index contributed by atoms with van der Waals surface area (Å²) < 4.78 is 0. The van der Waals surface area contributed by atoms with Crippen LogP contribution in [-0.2, 0) is 0 Å². The third kappa shape index (κ3) is 11.4. The van der Waals surface area contributed by atoms with Crippen LogP contribution in [0.4, 0.5) is 0 Å². The molecule has 19 heavy (non-hydrogen) atoms. The Labute approximate surface area is 122 Å². The topological polar surface area (TPSA) is 6.48 Å². The zero-order valence-electron chi connectivity index (χ0n) is 14.4. The largest absolute Gasteiger partial charge is 0.307 e. The van der Waals surface area contributed by atoms with E-state index in [1.54, 1.807) is 0 Å². The van der Waals surface area contributed by atoms with Gasteiger partial charge in [0.2, 0.25) is 0 Å². The van der Waals surface area contributed by atoms with Crippen LogP contribution in [0.5, 0.6) is 0 Å². The summed E-state index contributed by atoms with van der Waals surface area (Å²) in [5.41, 5.74) is 0. The van der Waals surface area contributed by atoms with E-state index in [0.717, 1.165) is 11.8 Å². The molecule has 0 aromatic rings. The molecule has 1 atom stereocenters. The monoisotopic (exact) mass is 270 g/mol. The van der Waals surface area contributed by atoms with Crippen molar-refractivity contribution in [3.8, 4) is 0 Å². The minimum absolute atomic E-state index is 0.831. The van der Waals surface area contributed by atoms with Gasteiger partial charge in [0.25, 0.3) is 0 Å². The van der Waals surface area contributed by atoms with Crippen LogP contribution < -0.4 is 0 Å². The smallest absolute Gasteiger partial charge is 0.00164 e. The minimum atomic E-state index is 0.831. The summed E-state index contributed by atoms with van der Waals surface area (Å²) in [5.74, 6) is 1.70. The van der Waals surface area contributed by atoms with Gasteiger partial charge in [-0.25, -0.2) is 0 Å². The first-order valence-corrected chi connectivity index (χ1v) is 8.40. The van der Waals surface area contributed by atoms with E-state index in [0.29, 0.717) is 0 Å². The van der Waals surface area contributed by atoms with Crippen molar-refractivity contribution >= 4 is 0 Å². The van der Waals surface area contributed by atoms with Gasteiger partial charge in [-0.3, -0.25) is 0 Å². The molecule has 0 amide bonds. The summed E-state index contributed by atoms with van der Waals surface area (Å²) in [6.07, 6.45) is 5.44. The lowest BCUT2D eigenvalue weighted by atomic mass is 10.0. The Morgan fingerprint density at radius 3 is 2.00 bits per heavy atom. The van der Waals surface area contributed by atoms with Gasteiger partial charge in [0, 0.05) is 0 Å². The summed E-state index contributed by atoms with van der Waals surface area (Å²) in [5, 5.41) is 0. The molecular formula is C17H38N2. The summed E-state index contributed by atoms with van der Waals surface area (Å²) in [6, 6.07) is 0.